The van der Waals surface area contributed by atoms with Crippen LogP contribution in [0.5, 0.6) is 17.2 Å². The quantitative estimate of drug-likeness (QED) is 0.700. The van der Waals surface area contributed by atoms with Gasteiger partial charge in [-0.05, 0) is 31.9 Å². The van der Waals surface area contributed by atoms with Gasteiger partial charge in [-0.3, -0.25) is 0 Å². The van der Waals surface area contributed by atoms with Gasteiger partial charge in [0.1, 0.15) is 12.0 Å². The van der Waals surface area contributed by atoms with Gasteiger partial charge in [-0.1, -0.05) is 0 Å². The number of benzene rings is 1. The minimum absolute atomic E-state index is 0.0597. The highest BCUT2D eigenvalue weighted by atomic mass is 16.5. The van der Waals surface area contributed by atoms with E-state index in [4.69, 9.17) is 14.2 Å². The number of aryl methyl sites for hydroxylation is 1. The van der Waals surface area contributed by atoms with E-state index >= 15 is 0 Å². The van der Waals surface area contributed by atoms with Gasteiger partial charge in [-0.25, -0.2) is 0 Å². The first-order valence-corrected chi connectivity index (χ1v) is 5.97. The lowest BCUT2D eigenvalue weighted by Gasteiger charge is -2.17. The maximum atomic E-state index is 10.4. The van der Waals surface area contributed by atoms with Crippen LogP contribution < -0.4 is 14.2 Å². The molecule has 1 aromatic rings. The van der Waals surface area contributed by atoms with Gasteiger partial charge in [0.2, 0.25) is 0 Å². The number of carbonyl (C=O) groups is 1. The molecular weight excluding hydrogens is 232 g/mol. The SMILES string of the molecule is COc1cc(OC(C)C)c(OC)cc1CCC=O. The van der Waals surface area contributed by atoms with Crippen LogP contribution in [0, 0.1) is 0 Å². The highest BCUT2D eigenvalue weighted by molar-refractivity contribution is 5.54. The number of hydrogen-bond donors (Lipinski definition) is 0. The fourth-order valence-electron chi connectivity index (χ4n) is 1.69. The van der Waals surface area contributed by atoms with Crippen molar-refractivity contribution in [1.82, 2.24) is 0 Å². The summed E-state index contributed by atoms with van der Waals surface area (Å²) in [6.45, 7) is 3.90. The van der Waals surface area contributed by atoms with E-state index in [-0.39, 0.29) is 6.10 Å². The highest BCUT2D eigenvalue weighted by Gasteiger charge is 2.13. The van der Waals surface area contributed by atoms with Crippen molar-refractivity contribution in [2.45, 2.75) is 32.8 Å². The smallest absolute Gasteiger partial charge is 0.165 e. The third kappa shape index (κ3) is 3.65. The second-order valence-corrected chi connectivity index (χ2v) is 4.19. The predicted molar refractivity (Wildman–Crippen MR) is 69.7 cm³/mol. The first-order valence-electron chi connectivity index (χ1n) is 5.97. The Labute approximate surface area is 108 Å². The number of rotatable bonds is 7. The standard InChI is InChI=1S/C14H20O4/c1-10(2)18-14-9-12(16-3)11(6-5-7-15)8-13(14)17-4/h7-10H,5-6H2,1-4H3. The van der Waals surface area contributed by atoms with Crippen LogP contribution in [0.15, 0.2) is 12.1 Å². The van der Waals surface area contributed by atoms with Crippen molar-refractivity contribution in [1.29, 1.82) is 0 Å². The van der Waals surface area contributed by atoms with Crippen LogP contribution >= 0.6 is 0 Å². The number of aldehydes is 1. The molecule has 0 aromatic heterocycles. The number of ether oxygens (including phenoxy) is 3. The van der Waals surface area contributed by atoms with Crippen molar-refractivity contribution in [2.24, 2.45) is 0 Å². The summed E-state index contributed by atoms with van der Waals surface area (Å²) in [5.74, 6) is 2.03. The maximum absolute atomic E-state index is 10.4. The van der Waals surface area contributed by atoms with E-state index in [0.29, 0.717) is 30.1 Å². The van der Waals surface area contributed by atoms with Crippen molar-refractivity contribution in [2.75, 3.05) is 14.2 Å². The van der Waals surface area contributed by atoms with Crippen molar-refractivity contribution < 1.29 is 19.0 Å². The molecule has 0 unspecified atom stereocenters. The molecule has 0 atom stereocenters. The molecule has 1 rings (SSSR count). The van der Waals surface area contributed by atoms with Crippen molar-refractivity contribution >= 4 is 6.29 Å². The normalized spacial score (nSPS) is 10.3. The summed E-state index contributed by atoms with van der Waals surface area (Å²) in [5, 5.41) is 0. The topological polar surface area (TPSA) is 44.8 Å². The average molecular weight is 252 g/mol. The molecule has 0 saturated carbocycles. The minimum Gasteiger partial charge on any atom is -0.496 e. The highest BCUT2D eigenvalue weighted by Crippen LogP contribution is 2.35. The Morgan fingerprint density at radius 3 is 2.28 bits per heavy atom. The molecule has 0 fully saturated rings. The van der Waals surface area contributed by atoms with Gasteiger partial charge in [0.05, 0.1) is 20.3 Å². The zero-order valence-electron chi connectivity index (χ0n) is 11.4. The monoisotopic (exact) mass is 252 g/mol. The summed E-state index contributed by atoms with van der Waals surface area (Å²) in [5.41, 5.74) is 0.942. The van der Waals surface area contributed by atoms with Crippen LogP contribution in [0.3, 0.4) is 0 Å². The lowest BCUT2D eigenvalue weighted by atomic mass is 10.1. The Balaban J connectivity index is 3.10. The van der Waals surface area contributed by atoms with E-state index in [1.54, 1.807) is 20.3 Å². The van der Waals surface area contributed by atoms with Gasteiger partial charge in [0.15, 0.2) is 11.5 Å². The van der Waals surface area contributed by atoms with E-state index < -0.39 is 0 Å². The van der Waals surface area contributed by atoms with Gasteiger partial charge >= 0.3 is 0 Å². The van der Waals surface area contributed by atoms with Gasteiger partial charge in [0, 0.05) is 12.5 Å². The molecular formula is C14H20O4. The van der Waals surface area contributed by atoms with Gasteiger partial charge in [-0.15, -0.1) is 0 Å². The van der Waals surface area contributed by atoms with Crippen LogP contribution in [-0.2, 0) is 11.2 Å². The van der Waals surface area contributed by atoms with E-state index in [9.17, 15) is 4.79 Å². The molecule has 0 N–H and O–H groups in total. The molecule has 0 aliphatic rings. The lowest BCUT2D eigenvalue weighted by Crippen LogP contribution is -2.07. The molecule has 18 heavy (non-hydrogen) atoms. The molecule has 0 saturated heterocycles. The Hall–Kier alpha value is -1.71. The molecule has 4 nitrogen and oxygen atoms in total. The van der Waals surface area contributed by atoms with Gasteiger partial charge in [-0.2, -0.15) is 0 Å². The third-order valence-corrected chi connectivity index (χ3v) is 2.46. The third-order valence-electron chi connectivity index (χ3n) is 2.46. The first-order chi connectivity index (χ1) is 8.62. The molecule has 1 aromatic carbocycles. The fraction of sp³-hybridized carbons (Fsp3) is 0.500. The van der Waals surface area contributed by atoms with Crippen molar-refractivity contribution in [3.05, 3.63) is 17.7 Å². The van der Waals surface area contributed by atoms with Crippen molar-refractivity contribution in [3.63, 3.8) is 0 Å². The van der Waals surface area contributed by atoms with Gasteiger partial charge < -0.3 is 19.0 Å². The molecule has 0 radical (unpaired) electrons. The zero-order chi connectivity index (χ0) is 13.5. The minimum atomic E-state index is 0.0597. The second-order valence-electron chi connectivity index (χ2n) is 4.19. The molecule has 0 aliphatic heterocycles. The van der Waals surface area contributed by atoms with Crippen LogP contribution in [0.1, 0.15) is 25.8 Å². The van der Waals surface area contributed by atoms with Crippen LogP contribution in [0.25, 0.3) is 0 Å². The molecule has 0 bridgehead atoms. The molecule has 0 amide bonds. The van der Waals surface area contributed by atoms with E-state index in [1.165, 1.54) is 0 Å². The van der Waals surface area contributed by atoms with Crippen LogP contribution in [0.4, 0.5) is 0 Å². The lowest BCUT2D eigenvalue weighted by molar-refractivity contribution is -0.107. The summed E-state index contributed by atoms with van der Waals surface area (Å²) < 4.78 is 16.3. The summed E-state index contributed by atoms with van der Waals surface area (Å²) in [6, 6.07) is 3.67. The molecule has 100 valence electrons. The Morgan fingerprint density at radius 1 is 1.11 bits per heavy atom. The summed E-state index contributed by atoms with van der Waals surface area (Å²) in [4.78, 5) is 10.4. The summed E-state index contributed by atoms with van der Waals surface area (Å²) in [7, 11) is 3.20. The fourth-order valence-corrected chi connectivity index (χ4v) is 1.69. The molecule has 0 aliphatic carbocycles. The van der Waals surface area contributed by atoms with E-state index in [1.807, 2.05) is 19.9 Å². The Kier molecular flexibility index (Phi) is 5.49. The maximum Gasteiger partial charge on any atom is 0.165 e. The van der Waals surface area contributed by atoms with E-state index in [0.717, 1.165) is 11.8 Å². The first kappa shape index (κ1) is 14.4. The van der Waals surface area contributed by atoms with Crippen molar-refractivity contribution in [3.8, 4) is 17.2 Å². The zero-order valence-corrected chi connectivity index (χ0v) is 11.4. The number of methoxy groups -OCH3 is 2. The number of carbonyl (C=O) groups excluding carboxylic acids is 1. The molecule has 4 heteroatoms. The predicted octanol–water partition coefficient (Wildman–Crippen LogP) is 2.62. The van der Waals surface area contributed by atoms with Crippen LogP contribution in [0.2, 0.25) is 0 Å². The van der Waals surface area contributed by atoms with E-state index in [2.05, 4.69) is 0 Å². The number of hydrogen-bond acceptors (Lipinski definition) is 4. The largest absolute Gasteiger partial charge is 0.496 e. The summed E-state index contributed by atoms with van der Waals surface area (Å²) >= 11 is 0. The summed E-state index contributed by atoms with van der Waals surface area (Å²) in [6.07, 6.45) is 2.05. The Morgan fingerprint density at radius 2 is 1.78 bits per heavy atom. The van der Waals surface area contributed by atoms with Crippen LogP contribution in [-0.4, -0.2) is 26.6 Å². The second kappa shape index (κ2) is 6.89. The Bertz CT molecular complexity index is 399. The average Bonchev–Trinajstić information content (AvgIpc) is 2.35. The molecule has 0 spiro atoms. The molecule has 0 heterocycles. The van der Waals surface area contributed by atoms with Gasteiger partial charge in [0.25, 0.3) is 0 Å².